The van der Waals surface area contributed by atoms with Gasteiger partial charge in [0.15, 0.2) is 5.79 Å². The van der Waals surface area contributed by atoms with Crippen LogP contribution < -0.4 is 0 Å². The van der Waals surface area contributed by atoms with E-state index >= 15 is 0 Å². The van der Waals surface area contributed by atoms with Gasteiger partial charge in [0.1, 0.15) is 18.3 Å². The Balaban J connectivity index is 2.11. The molecule has 1 aliphatic heterocycles. The zero-order chi connectivity index (χ0) is 21.0. The van der Waals surface area contributed by atoms with Gasteiger partial charge in [0, 0.05) is 0 Å². The molecule has 0 saturated carbocycles. The van der Waals surface area contributed by atoms with Crippen molar-refractivity contribution in [1.29, 1.82) is 0 Å². The van der Waals surface area contributed by atoms with Gasteiger partial charge in [-0.05, 0) is 19.4 Å². The lowest BCUT2D eigenvalue weighted by Gasteiger charge is -2.25. The van der Waals surface area contributed by atoms with Crippen LogP contribution in [-0.4, -0.2) is 66.7 Å². The molecule has 28 heavy (non-hydrogen) atoms. The van der Waals surface area contributed by atoms with Crippen LogP contribution in [0, 0.1) is 0 Å². The first-order valence-corrected chi connectivity index (χ1v) is 12.2. The molecule has 0 unspecified atom stereocenters. The van der Waals surface area contributed by atoms with Gasteiger partial charge in [0.2, 0.25) is 0 Å². The van der Waals surface area contributed by atoms with Crippen LogP contribution in [0.15, 0.2) is 30.3 Å². The van der Waals surface area contributed by atoms with Crippen molar-refractivity contribution in [2.24, 2.45) is 0 Å². The monoisotopic (exact) mass is 438 g/mol. The highest BCUT2D eigenvalue weighted by atomic mass is 32.2. The second-order valence-corrected chi connectivity index (χ2v) is 10.2. The van der Waals surface area contributed by atoms with Crippen molar-refractivity contribution in [2.45, 2.75) is 44.6 Å². The molecule has 1 aromatic carbocycles. The predicted molar refractivity (Wildman–Crippen MR) is 100 cm³/mol. The number of hydrogen-bond acceptors (Lipinski definition) is 9. The summed E-state index contributed by atoms with van der Waals surface area (Å²) in [5, 5.41) is 0. The number of ether oxygens (including phenoxy) is 3. The van der Waals surface area contributed by atoms with Crippen LogP contribution >= 0.6 is 0 Å². The molecular weight excluding hydrogens is 412 g/mol. The molecule has 11 heteroatoms. The Bertz CT molecular complexity index is 835. The largest absolute Gasteiger partial charge is 0.374 e. The zero-order valence-electron chi connectivity index (χ0n) is 16.2. The van der Waals surface area contributed by atoms with Crippen molar-refractivity contribution in [3.8, 4) is 0 Å². The molecule has 1 saturated heterocycles. The number of hydrogen-bond donors (Lipinski definition) is 0. The number of benzene rings is 1. The SMILES string of the molecule is CC1(C)O[C@H]([C@H](COCc2ccccc2)OS(C)(=O)=O)[C@H](COS(C)(=O)=O)O1. The maximum Gasteiger partial charge on any atom is 0.264 e. The predicted octanol–water partition coefficient (Wildman–Crippen LogP) is 1.04. The first kappa shape index (κ1) is 23.2. The smallest absolute Gasteiger partial charge is 0.264 e. The van der Waals surface area contributed by atoms with Gasteiger partial charge in [-0.2, -0.15) is 16.8 Å². The fraction of sp³-hybridized carbons (Fsp3) is 0.647. The van der Waals surface area contributed by atoms with E-state index in [-0.39, 0.29) is 19.8 Å². The summed E-state index contributed by atoms with van der Waals surface area (Å²) in [7, 11) is -7.55. The van der Waals surface area contributed by atoms with Crippen molar-refractivity contribution in [1.82, 2.24) is 0 Å². The van der Waals surface area contributed by atoms with E-state index in [1.807, 2.05) is 30.3 Å². The molecule has 1 fully saturated rings. The van der Waals surface area contributed by atoms with E-state index in [9.17, 15) is 16.8 Å². The van der Waals surface area contributed by atoms with Crippen molar-refractivity contribution in [2.75, 3.05) is 25.7 Å². The van der Waals surface area contributed by atoms with Crippen LogP contribution in [0.5, 0.6) is 0 Å². The van der Waals surface area contributed by atoms with Crippen LogP contribution in [0.4, 0.5) is 0 Å². The molecule has 0 bridgehead atoms. The van der Waals surface area contributed by atoms with Gasteiger partial charge >= 0.3 is 0 Å². The minimum Gasteiger partial charge on any atom is -0.374 e. The Morgan fingerprint density at radius 1 is 1.04 bits per heavy atom. The highest BCUT2D eigenvalue weighted by Gasteiger charge is 2.47. The Labute approximate surface area is 166 Å². The Kier molecular flexibility index (Phi) is 7.59. The minimum absolute atomic E-state index is 0.110. The normalized spacial score (nSPS) is 23.6. The fourth-order valence-corrected chi connectivity index (χ4v) is 3.76. The molecular formula is C17H26O9S2. The topological polar surface area (TPSA) is 114 Å². The minimum atomic E-state index is -3.83. The summed E-state index contributed by atoms with van der Waals surface area (Å²) in [6, 6.07) is 9.33. The second-order valence-electron chi connectivity index (χ2n) is 6.97. The van der Waals surface area contributed by atoms with Crippen molar-refractivity contribution >= 4 is 20.2 Å². The van der Waals surface area contributed by atoms with Crippen LogP contribution in [-0.2, 0) is 49.4 Å². The second kappa shape index (κ2) is 9.16. The summed E-state index contributed by atoms with van der Waals surface area (Å²) in [6.45, 7) is 3.05. The van der Waals surface area contributed by atoms with Gasteiger partial charge in [-0.1, -0.05) is 30.3 Å². The molecule has 1 aromatic rings. The first-order valence-electron chi connectivity index (χ1n) is 8.55. The highest BCUT2D eigenvalue weighted by Crippen LogP contribution is 2.32. The molecule has 0 N–H and O–H groups in total. The maximum absolute atomic E-state index is 11.7. The van der Waals surface area contributed by atoms with Gasteiger partial charge in [-0.3, -0.25) is 8.37 Å². The summed E-state index contributed by atoms with van der Waals surface area (Å²) in [6.07, 6.45) is -0.996. The third kappa shape index (κ3) is 8.11. The van der Waals surface area contributed by atoms with Crippen molar-refractivity contribution in [3.63, 3.8) is 0 Å². The van der Waals surface area contributed by atoms with Gasteiger partial charge in [-0.25, -0.2) is 0 Å². The average Bonchev–Trinajstić information content (AvgIpc) is 2.86. The van der Waals surface area contributed by atoms with Gasteiger partial charge < -0.3 is 14.2 Å². The molecule has 0 spiro atoms. The standard InChI is InChI=1S/C17H26O9S2/c1-17(2)24-14(12-23-27(3,18)19)16(25-17)15(26-28(4,20)21)11-22-10-13-8-6-5-7-9-13/h5-9,14-16H,10-12H2,1-4H3/t14-,15-,16-/m0/s1. The van der Waals surface area contributed by atoms with E-state index in [1.165, 1.54) is 0 Å². The van der Waals surface area contributed by atoms with Crippen LogP contribution in [0.1, 0.15) is 19.4 Å². The molecule has 9 nitrogen and oxygen atoms in total. The number of rotatable bonds is 10. The zero-order valence-corrected chi connectivity index (χ0v) is 17.9. The Hall–Kier alpha value is -1.08. The van der Waals surface area contributed by atoms with E-state index < -0.39 is 44.3 Å². The maximum atomic E-state index is 11.7. The molecule has 3 atom stereocenters. The quantitative estimate of drug-likeness (QED) is 0.494. The third-order valence-electron chi connectivity index (χ3n) is 3.73. The van der Waals surface area contributed by atoms with E-state index in [0.29, 0.717) is 0 Å². The van der Waals surface area contributed by atoms with Crippen LogP contribution in [0.2, 0.25) is 0 Å². The molecule has 2 rings (SSSR count). The van der Waals surface area contributed by atoms with E-state index in [0.717, 1.165) is 18.1 Å². The fourth-order valence-electron chi connectivity index (χ4n) is 2.77. The lowest BCUT2D eigenvalue weighted by molar-refractivity contribution is -0.157. The van der Waals surface area contributed by atoms with Crippen LogP contribution in [0.25, 0.3) is 0 Å². The third-order valence-corrected chi connectivity index (χ3v) is 4.89. The average molecular weight is 439 g/mol. The summed E-state index contributed by atoms with van der Waals surface area (Å²) in [4.78, 5) is 0. The van der Waals surface area contributed by atoms with Crippen LogP contribution in [0.3, 0.4) is 0 Å². The molecule has 1 aliphatic rings. The van der Waals surface area contributed by atoms with Crippen molar-refractivity contribution in [3.05, 3.63) is 35.9 Å². The van der Waals surface area contributed by atoms with Gasteiger partial charge in [-0.15, -0.1) is 0 Å². The Morgan fingerprint density at radius 2 is 1.68 bits per heavy atom. The summed E-state index contributed by atoms with van der Waals surface area (Å²) < 4.78 is 73.1. The highest BCUT2D eigenvalue weighted by molar-refractivity contribution is 7.86. The molecule has 0 aliphatic carbocycles. The summed E-state index contributed by atoms with van der Waals surface area (Å²) >= 11 is 0. The Morgan fingerprint density at radius 3 is 2.25 bits per heavy atom. The molecule has 1 heterocycles. The van der Waals surface area contributed by atoms with E-state index in [2.05, 4.69) is 0 Å². The summed E-state index contributed by atoms with van der Waals surface area (Å²) in [5.74, 6) is -1.07. The molecule has 0 amide bonds. The summed E-state index contributed by atoms with van der Waals surface area (Å²) in [5.41, 5.74) is 0.904. The van der Waals surface area contributed by atoms with E-state index in [4.69, 9.17) is 22.6 Å². The van der Waals surface area contributed by atoms with Crippen molar-refractivity contribution < 1.29 is 39.4 Å². The van der Waals surface area contributed by atoms with Gasteiger partial charge in [0.05, 0.1) is 32.3 Å². The molecule has 0 aromatic heterocycles. The lowest BCUT2D eigenvalue weighted by atomic mass is 10.1. The molecule has 0 radical (unpaired) electrons. The van der Waals surface area contributed by atoms with E-state index in [1.54, 1.807) is 13.8 Å². The first-order chi connectivity index (χ1) is 12.8. The lowest BCUT2D eigenvalue weighted by Crippen LogP contribution is -2.43. The van der Waals surface area contributed by atoms with Gasteiger partial charge in [0.25, 0.3) is 20.2 Å². The molecule has 160 valence electrons.